The number of nitrogens with one attached hydrogen (secondary N) is 1. The molecule has 0 saturated carbocycles. The van der Waals surface area contributed by atoms with Crippen LogP contribution in [0.3, 0.4) is 0 Å². The Kier molecular flexibility index (Phi) is 3.97. The van der Waals surface area contributed by atoms with Crippen molar-refractivity contribution in [2.45, 2.75) is 0 Å². The second-order valence-corrected chi connectivity index (χ2v) is 4.05. The summed E-state index contributed by atoms with van der Waals surface area (Å²) in [4.78, 5) is 11.9. The topological polar surface area (TPSA) is 60.7 Å². The third kappa shape index (κ3) is 2.82. The zero-order valence-electron chi connectivity index (χ0n) is 10.4. The number of carbonyl (C=O) groups is 1. The van der Waals surface area contributed by atoms with Gasteiger partial charge in [-0.05, 0) is 12.1 Å². The lowest BCUT2D eigenvalue weighted by molar-refractivity contribution is 0.0996. The monoisotopic (exact) mass is 281 g/mol. The van der Waals surface area contributed by atoms with Crippen molar-refractivity contribution < 1.29 is 18.7 Å². The summed E-state index contributed by atoms with van der Waals surface area (Å²) in [5, 5.41) is 3.12. The molecular formula is C13H12ClNO4. The molecule has 1 aromatic heterocycles. The third-order valence-electron chi connectivity index (χ3n) is 2.45. The van der Waals surface area contributed by atoms with Crippen molar-refractivity contribution in [2.24, 2.45) is 0 Å². The van der Waals surface area contributed by atoms with Crippen molar-refractivity contribution in [3.05, 3.63) is 41.3 Å². The van der Waals surface area contributed by atoms with Gasteiger partial charge < -0.3 is 19.2 Å². The van der Waals surface area contributed by atoms with Crippen LogP contribution in [0.25, 0.3) is 0 Å². The largest absolute Gasteiger partial charge is 0.494 e. The van der Waals surface area contributed by atoms with Gasteiger partial charge in [-0.2, -0.15) is 0 Å². The third-order valence-corrected chi connectivity index (χ3v) is 2.67. The zero-order valence-corrected chi connectivity index (χ0v) is 11.2. The first-order valence-corrected chi connectivity index (χ1v) is 5.80. The van der Waals surface area contributed by atoms with E-state index in [1.165, 1.54) is 20.5 Å². The number of halogens is 1. The van der Waals surface area contributed by atoms with E-state index in [2.05, 4.69) is 5.32 Å². The van der Waals surface area contributed by atoms with Crippen LogP contribution in [0.5, 0.6) is 11.5 Å². The maximum absolute atomic E-state index is 11.9. The van der Waals surface area contributed by atoms with Crippen molar-refractivity contribution in [1.29, 1.82) is 0 Å². The summed E-state index contributed by atoms with van der Waals surface area (Å²) in [5.74, 6) is 0.608. The summed E-state index contributed by atoms with van der Waals surface area (Å²) in [6, 6.07) is 6.36. The number of amides is 1. The van der Waals surface area contributed by atoms with Gasteiger partial charge in [0.25, 0.3) is 5.91 Å². The van der Waals surface area contributed by atoms with Gasteiger partial charge in [0.1, 0.15) is 17.2 Å². The van der Waals surface area contributed by atoms with Crippen LogP contribution >= 0.6 is 11.6 Å². The Labute approximate surface area is 115 Å². The Morgan fingerprint density at radius 2 is 1.89 bits per heavy atom. The van der Waals surface area contributed by atoms with Crippen molar-refractivity contribution in [1.82, 2.24) is 0 Å². The van der Waals surface area contributed by atoms with E-state index in [0.717, 1.165) is 0 Å². The van der Waals surface area contributed by atoms with Gasteiger partial charge in [-0.3, -0.25) is 4.79 Å². The maximum Gasteiger partial charge on any atom is 0.291 e. The Morgan fingerprint density at radius 1 is 1.26 bits per heavy atom. The Hall–Kier alpha value is -2.14. The van der Waals surface area contributed by atoms with Crippen LogP contribution in [0.15, 0.2) is 34.9 Å². The van der Waals surface area contributed by atoms with Gasteiger partial charge in [-0.1, -0.05) is 11.6 Å². The van der Waals surface area contributed by atoms with Gasteiger partial charge in [0.15, 0.2) is 5.76 Å². The molecule has 0 atom stereocenters. The second-order valence-electron chi connectivity index (χ2n) is 3.62. The summed E-state index contributed by atoms with van der Waals surface area (Å²) >= 11 is 5.92. The number of furan rings is 1. The number of hydrogen-bond acceptors (Lipinski definition) is 4. The first kappa shape index (κ1) is 13.3. The molecule has 19 heavy (non-hydrogen) atoms. The molecule has 0 saturated heterocycles. The van der Waals surface area contributed by atoms with Gasteiger partial charge in [0, 0.05) is 17.2 Å². The van der Waals surface area contributed by atoms with Gasteiger partial charge in [0.05, 0.1) is 20.5 Å². The highest BCUT2D eigenvalue weighted by molar-refractivity contribution is 6.31. The standard InChI is InChI=1S/C13H12ClNO4/c1-17-10-6-8(14)7-11(18-2)12(10)15-13(16)9-4-3-5-19-9/h3-7H,1-2H3,(H,15,16). The minimum atomic E-state index is -0.399. The number of rotatable bonds is 4. The number of anilines is 1. The SMILES string of the molecule is COc1cc(Cl)cc(OC)c1NC(=O)c1ccco1. The highest BCUT2D eigenvalue weighted by atomic mass is 35.5. The van der Waals surface area contributed by atoms with Crippen LogP contribution in [-0.4, -0.2) is 20.1 Å². The molecule has 1 heterocycles. The van der Waals surface area contributed by atoms with E-state index < -0.39 is 5.91 Å². The Morgan fingerprint density at radius 3 is 2.37 bits per heavy atom. The summed E-state index contributed by atoms with van der Waals surface area (Å²) in [6.45, 7) is 0. The fourth-order valence-electron chi connectivity index (χ4n) is 1.59. The average molecular weight is 282 g/mol. The van der Waals surface area contributed by atoms with E-state index in [1.54, 1.807) is 24.3 Å². The number of methoxy groups -OCH3 is 2. The summed E-state index contributed by atoms with van der Waals surface area (Å²) in [6.07, 6.45) is 1.42. The molecule has 0 aliphatic heterocycles. The van der Waals surface area contributed by atoms with E-state index in [9.17, 15) is 4.79 Å². The maximum atomic E-state index is 11.9. The van der Waals surface area contributed by atoms with E-state index in [-0.39, 0.29) is 5.76 Å². The predicted octanol–water partition coefficient (Wildman–Crippen LogP) is 3.20. The molecule has 0 fully saturated rings. The highest BCUT2D eigenvalue weighted by Gasteiger charge is 2.17. The number of carbonyl (C=O) groups excluding carboxylic acids is 1. The quantitative estimate of drug-likeness (QED) is 0.935. The van der Waals surface area contributed by atoms with Crippen LogP contribution < -0.4 is 14.8 Å². The normalized spacial score (nSPS) is 10.1. The predicted molar refractivity (Wildman–Crippen MR) is 71.2 cm³/mol. The smallest absolute Gasteiger partial charge is 0.291 e. The van der Waals surface area contributed by atoms with Crippen LogP contribution in [0.4, 0.5) is 5.69 Å². The van der Waals surface area contributed by atoms with Crippen molar-refractivity contribution in [3.8, 4) is 11.5 Å². The summed E-state index contributed by atoms with van der Waals surface area (Å²) in [5.41, 5.74) is 0.399. The van der Waals surface area contributed by atoms with Gasteiger partial charge >= 0.3 is 0 Å². The second kappa shape index (κ2) is 5.67. The Balaban J connectivity index is 2.36. The molecule has 5 nitrogen and oxygen atoms in total. The van der Waals surface area contributed by atoms with Crippen LogP contribution in [0.1, 0.15) is 10.6 Å². The average Bonchev–Trinajstić information content (AvgIpc) is 2.94. The van der Waals surface area contributed by atoms with E-state index >= 15 is 0 Å². The van der Waals surface area contributed by atoms with Crippen molar-refractivity contribution >= 4 is 23.2 Å². The minimum absolute atomic E-state index is 0.194. The van der Waals surface area contributed by atoms with Crippen LogP contribution in [0.2, 0.25) is 5.02 Å². The number of benzene rings is 1. The fraction of sp³-hybridized carbons (Fsp3) is 0.154. The van der Waals surface area contributed by atoms with Crippen molar-refractivity contribution in [2.75, 3.05) is 19.5 Å². The van der Waals surface area contributed by atoms with Crippen LogP contribution in [-0.2, 0) is 0 Å². The lowest BCUT2D eigenvalue weighted by Gasteiger charge is -2.14. The lowest BCUT2D eigenvalue weighted by Crippen LogP contribution is -2.12. The van der Waals surface area contributed by atoms with E-state index in [4.69, 9.17) is 25.5 Å². The summed E-state index contributed by atoms with van der Waals surface area (Å²) in [7, 11) is 2.96. The van der Waals surface area contributed by atoms with Gasteiger partial charge in [0.2, 0.25) is 0 Å². The van der Waals surface area contributed by atoms with Crippen LogP contribution in [0, 0.1) is 0 Å². The Bertz CT molecular complexity index is 555. The first-order chi connectivity index (χ1) is 9.15. The molecule has 0 radical (unpaired) electrons. The molecule has 1 aromatic carbocycles. The molecule has 1 N–H and O–H groups in total. The highest BCUT2D eigenvalue weighted by Crippen LogP contribution is 2.37. The molecule has 100 valence electrons. The first-order valence-electron chi connectivity index (χ1n) is 5.42. The molecule has 6 heteroatoms. The molecular weight excluding hydrogens is 270 g/mol. The van der Waals surface area contributed by atoms with E-state index in [0.29, 0.717) is 22.2 Å². The molecule has 1 amide bonds. The minimum Gasteiger partial charge on any atom is -0.494 e. The molecule has 2 aromatic rings. The van der Waals surface area contributed by atoms with Gasteiger partial charge in [-0.15, -0.1) is 0 Å². The number of ether oxygens (including phenoxy) is 2. The lowest BCUT2D eigenvalue weighted by atomic mass is 10.2. The van der Waals surface area contributed by atoms with E-state index in [1.807, 2.05) is 0 Å². The molecule has 0 spiro atoms. The zero-order chi connectivity index (χ0) is 13.8. The van der Waals surface area contributed by atoms with Gasteiger partial charge in [-0.25, -0.2) is 0 Å². The molecule has 0 aliphatic carbocycles. The molecule has 2 rings (SSSR count). The molecule has 0 aliphatic rings. The number of hydrogen-bond donors (Lipinski definition) is 1. The molecule has 0 bridgehead atoms. The van der Waals surface area contributed by atoms with Crippen molar-refractivity contribution in [3.63, 3.8) is 0 Å². The molecule has 0 unspecified atom stereocenters. The fourth-order valence-corrected chi connectivity index (χ4v) is 1.78. The summed E-state index contributed by atoms with van der Waals surface area (Å²) < 4.78 is 15.4.